The minimum Gasteiger partial charge on any atom is -0.196 e. The SMILES string of the molecule is CC[n+]1c(C)ccc2cc(C)ccc21.I. The maximum Gasteiger partial charge on any atom is 0.212 e. The largest absolute Gasteiger partial charge is 0.212 e. The van der Waals surface area contributed by atoms with Gasteiger partial charge in [-0.15, -0.1) is 24.0 Å². The quantitative estimate of drug-likeness (QED) is 0.561. The van der Waals surface area contributed by atoms with Crippen molar-refractivity contribution in [3.8, 4) is 0 Å². The topological polar surface area (TPSA) is 3.88 Å². The van der Waals surface area contributed by atoms with Crippen molar-refractivity contribution >= 4 is 34.9 Å². The molecule has 0 atom stereocenters. The molecule has 0 unspecified atom stereocenters. The monoisotopic (exact) mass is 314 g/mol. The first kappa shape index (κ1) is 12.4. The number of aromatic nitrogens is 1. The Labute approximate surface area is 108 Å². The molecule has 0 saturated heterocycles. The Bertz CT molecular complexity index is 477. The van der Waals surface area contributed by atoms with Gasteiger partial charge >= 0.3 is 0 Å². The fraction of sp³-hybridized carbons (Fsp3) is 0.308. The van der Waals surface area contributed by atoms with Crippen LogP contribution in [-0.4, -0.2) is 0 Å². The highest BCUT2D eigenvalue weighted by Gasteiger charge is 2.09. The normalized spacial score (nSPS) is 10.1. The maximum absolute atomic E-state index is 2.34. The summed E-state index contributed by atoms with van der Waals surface area (Å²) in [7, 11) is 0. The van der Waals surface area contributed by atoms with E-state index in [-0.39, 0.29) is 24.0 Å². The summed E-state index contributed by atoms with van der Waals surface area (Å²) < 4.78 is 2.34. The van der Waals surface area contributed by atoms with Gasteiger partial charge in [0, 0.05) is 24.4 Å². The number of rotatable bonds is 1. The van der Waals surface area contributed by atoms with Crippen LogP contribution in [0.25, 0.3) is 10.9 Å². The predicted octanol–water partition coefficient (Wildman–Crippen LogP) is 3.38. The minimum absolute atomic E-state index is 0. The molecule has 0 amide bonds. The van der Waals surface area contributed by atoms with E-state index in [1.807, 2.05) is 0 Å². The van der Waals surface area contributed by atoms with Crippen LogP contribution in [0, 0.1) is 13.8 Å². The van der Waals surface area contributed by atoms with Crippen LogP contribution in [0.15, 0.2) is 30.3 Å². The van der Waals surface area contributed by atoms with Crippen LogP contribution < -0.4 is 4.57 Å². The molecule has 0 radical (unpaired) electrons. The Morgan fingerprint density at radius 3 is 2.47 bits per heavy atom. The van der Waals surface area contributed by atoms with Gasteiger partial charge in [0.25, 0.3) is 0 Å². The smallest absolute Gasteiger partial charge is 0.196 e. The molecule has 1 heterocycles. The van der Waals surface area contributed by atoms with Crippen molar-refractivity contribution in [2.45, 2.75) is 27.3 Å². The molecule has 0 spiro atoms. The van der Waals surface area contributed by atoms with Crippen LogP contribution in [0.5, 0.6) is 0 Å². The number of hydrogen-bond donors (Lipinski definition) is 0. The first-order valence-electron chi connectivity index (χ1n) is 5.12. The summed E-state index contributed by atoms with van der Waals surface area (Å²) in [6.45, 7) is 7.51. The Morgan fingerprint density at radius 1 is 1.07 bits per heavy atom. The lowest BCUT2D eigenvalue weighted by molar-refractivity contribution is -0.673. The predicted molar refractivity (Wildman–Crippen MR) is 74.7 cm³/mol. The molecule has 0 aliphatic carbocycles. The van der Waals surface area contributed by atoms with E-state index in [1.165, 1.54) is 22.2 Å². The zero-order valence-corrected chi connectivity index (χ0v) is 11.8. The molecular formula is C13H17IN+. The molecule has 0 aliphatic heterocycles. The van der Waals surface area contributed by atoms with Gasteiger partial charge in [0.1, 0.15) is 6.54 Å². The van der Waals surface area contributed by atoms with Crippen molar-refractivity contribution in [2.24, 2.45) is 0 Å². The Balaban J connectivity index is 0.00000112. The summed E-state index contributed by atoms with van der Waals surface area (Å²) in [5.41, 5.74) is 3.98. The van der Waals surface area contributed by atoms with Gasteiger partial charge in [0.05, 0.1) is 0 Å². The van der Waals surface area contributed by atoms with E-state index >= 15 is 0 Å². The van der Waals surface area contributed by atoms with Crippen molar-refractivity contribution in [2.75, 3.05) is 0 Å². The summed E-state index contributed by atoms with van der Waals surface area (Å²) in [4.78, 5) is 0. The van der Waals surface area contributed by atoms with Gasteiger partial charge in [-0.3, -0.25) is 0 Å². The molecule has 1 aromatic carbocycles. The lowest BCUT2D eigenvalue weighted by atomic mass is 10.1. The fourth-order valence-corrected chi connectivity index (χ4v) is 1.96. The molecule has 80 valence electrons. The number of aryl methyl sites for hydroxylation is 3. The second kappa shape index (κ2) is 4.92. The first-order valence-corrected chi connectivity index (χ1v) is 5.12. The van der Waals surface area contributed by atoms with E-state index in [1.54, 1.807) is 0 Å². The Morgan fingerprint density at radius 2 is 1.80 bits per heavy atom. The molecule has 0 bridgehead atoms. The molecule has 0 N–H and O–H groups in total. The van der Waals surface area contributed by atoms with E-state index in [0.717, 1.165) is 6.54 Å². The lowest BCUT2D eigenvalue weighted by Crippen LogP contribution is -2.36. The average Bonchev–Trinajstić information content (AvgIpc) is 2.18. The average molecular weight is 314 g/mol. The van der Waals surface area contributed by atoms with Crippen molar-refractivity contribution in [3.63, 3.8) is 0 Å². The third-order valence-electron chi connectivity index (χ3n) is 2.72. The number of fused-ring (bicyclic) bond motifs is 1. The summed E-state index contributed by atoms with van der Waals surface area (Å²) in [5.74, 6) is 0. The maximum atomic E-state index is 2.34. The molecule has 1 aromatic heterocycles. The van der Waals surface area contributed by atoms with Gasteiger partial charge in [-0.25, -0.2) is 0 Å². The minimum atomic E-state index is 0. The highest BCUT2D eigenvalue weighted by molar-refractivity contribution is 14.0. The second-order valence-corrected chi connectivity index (χ2v) is 3.78. The number of hydrogen-bond acceptors (Lipinski definition) is 0. The van der Waals surface area contributed by atoms with Crippen LogP contribution in [0.4, 0.5) is 0 Å². The molecule has 1 nitrogen and oxygen atoms in total. The van der Waals surface area contributed by atoms with Crippen LogP contribution >= 0.6 is 24.0 Å². The van der Waals surface area contributed by atoms with Crippen molar-refractivity contribution < 1.29 is 4.57 Å². The zero-order valence-electron chi connectivity index (χ0n) is 9.45. The van der Waals surface area contributed by atoms with E-state index in [0.29, 0.717) is 0 Å². The molecule has 0 aliphatic rings. The van der Waals surface area contributed by atoms with Gasteiger partial charge in [0.2, 0.25) is 5.52 Å². The molecule has 0 fully saturated rings. The standard InChI is InChI=1S/C13H16N.HI/c1-4-14-11(3)6-7-12-9-10(2)5-8-13(12)14;/h5-9H,4H2,1-3H3;1H/q+1;. The van der Waals surface area contributed by atoms with E-state index < -0.39 is 0 Å². The van der Waals surface area contributed by atoms with Gasteiger partial charge < -0.3 is 0 Å². The van der Waals surface area contributed by atoms with E-state index in [9.17, 15) is 0 Å². The number of benzene rings is 1. The van der Waals surface area contributed by atoms with E-state index in [4.69, 9.17) is 0 Å². The first-order chi connectivity index (χ1) is 6.72. The third kappa shape index (κ3) is 2.30. The number of pyridine rings is 1. The fourth-order valence-electron chi connectivity index (χ4n) is 1.96. The number of halogens is 1. The molecule has 2 heteroatoms. The molecule has 0 saturated carbocycles. The Kier molecular flexibility index (Phi) is 4.08. The van der Waals surface area contributed by atoms with Crippen LogP contribution in [0.2, 0.25) is 0 Å². The van der Waals surface area contributed by atoms with Crippen molar-refractivity contribution in [1.82, 2.24) is 0 Å². The van der Waals surface area contributed by atoms with Gasteiger partial charge in [0.15, 0.2) is 5.69 Å². The second-order valence-electron chi connectivity index (χ2n) is 3.78. The summed E-state index contributed by atoms with van der Waals surface area (Å²) in [6.07, 6.45) is 0. The molecular weight excluding hydrogens is 297 g/mol. The number of nitrogens with zero attached hydrogens (tertiary/aromatic N) is 1. The third-order valence-corrected chi connectivity index (χ3v) is 2.72. The van der Waals surface area contributed by atoms with Gasteiger partial charge in [-0.1, -0.05) is 11.6 Å². The Hall–Kier alpha value is -0.640. The zero-order chi connectivity index (χ0) is 10.1. The van der Waals surface area contributed by atoms with Crippen molar-refractivity contribution in [1.29, 1.82) is 0 Å². The molecule has 2 rings (SSSR count). The van der Waals surface area contributed by atoms with Crippen molar-refractivity contribution in [3.05, 3.63) is 41.6 Å². The van der Waals surface area contributed by atoms with Crippen LogP contribution in [0.3, 0.4) is 0 Å². The van der Waals surface area contributed by atoms with Crippen LogP contribution in [0.1, 0.15) is 18.2 Å². The highest BCUT2D eigenvalue weighted by atomic mass is 127. The summed E-state index contributed by atoms with van der Waals surface area (Å²) in [6, 6.07) is 11.0. The molecule has 2 aromatic rings. The van der Waals surface area contributed by atoms with Gasteiger partial charge in [-0.2, -0.15) is 4.57 Å². The summed E-state index contributed by atoms with van der Waals surface area (Å²) >= 11 is 0. The van der Waals surface area contributed by atoms with Gasteiger partial charge in [-0.05, 0) is 26.0 Å². The summed E-state index contributed by atoms with van der Waals surface area (Å²) in [5, 5.41) is 1.33. The highest BCUT2D eigenvalue weighted by Crippen LogP contribution is 2.12. The molecule has 15 heavy (non-hydrogen) atoms. The van der Waals surface area contributed by atoms with Crippen LogP contribution in [-0.2, 0) is 6.54 Å². The lowest BCUT2D eigenvalue weighted by Gasteiger charge is -2.02. The van der Waals surface area contributed by atoms with E-state index in [2.05, 4.69) is 55.7 Å².